The quantitative estimate of drug-likeness (QED) is 0.415. The Kier molecular flexibility index (Phi) is 5.01. The highest BCUT2D eigenvalue weighted by Gasteiger charge is 2.30. The summed E-state index contributed by atoms with van der Waals surface area (Å²) in [5, 5.41) is 20.5. The number of aryl methyl sites for hydroxylation is 2. The second-order valence-electron chi connectivity index (χ2n) is 8.60. The molecule has 0 unspecified atom stereocenters. The van der Waals surface area contributed by atoms with Gasteiger partial charge in [0.05, 0.1) is 16.8 Å². The summed E-state index contributed by atoms with van der Waals surface area (Å²) in [6.45, 7) is 3.94. The number of amides is 1. The van der Waals surface area contributed by atoms with E-state index in [1.165, 1.54) is 30.3 Å². The summed E-state index contributed by atoms with van der Waals surface area (Å²) in [6, 6.07) is 16.4. The number of aromatic hydroxyl groups is 2. The molecule has 1 aromatic heterocycles. The second-order valence-corrected chi connectivity index (χ2v) is 8.60. The number of phenolic OH excluding ortho intramolecular Hbond substituents is 2. The molecule has 2 N–H and O–H groups in total. The van der Waals surface area contributed by atoms with Crippen LogP contribution in [0.15, 0.2) is 60.7 Å². The van der Waals surface area contributed by atoms with Crippen LogP contribution in [0.3, 0.4) is 0 Å². The normalized spacial score (nSPS) is 15.5. The number of benzene rings is 3. The van der Waals surface area contributed by atoms with Crippen molar-refractivity contribution >= 4 is 22.5 Å². The Hall–Kier alpha value is -3.93. The average molecular weight is 442 g/mol. The molecule has 1 aliphatic heterocycles. The summed E-state index contributed by atoms with van der Waals surface area (Å²) in [5.41, 5.74) is 5.41. The molecule has 0 saturated heterocycles. The molecular formula is C27H23FN2O3. The Morgan fingerprint density at radius 2 is 1.88 bits per heavy atom. The molecule has 0 spiro atoms. The SMILES string of the molecule is Cc1cc2cc(F)ccc2nc1-c1ccc2c(c1)CC[C@H](C)N2C(=O)c1ccc(O)cc1O. The van der Waals surface area contributed by atoms with Gasteiger partial charge in [-0.1, -0.05) is 6.07 Å². The molecule has 0 radical (unpaired) electrons. The topological polar surface area (TPSA) is 73.7 Å². The molecule has 5 nitrogen and oxygen atoms in total. The molecule has 4 aromatic rings. The zero-order valence-electron chi connectivity index (χ0n) is 18.3. The summed E-state index contributed by atoms with van der Waals surface area (Å²) in [6.07, 6.45) is 1.60. The largest absolute Gasteiger partial charge is 0.508 e. The minimum atomic E-state index is -0.310. The van der Waals surface area contributed by atoms with E-state index in [0.29, 0.717) is 0 Å². The van der Waals surface area contributed by atoms with Crippen molar-refractivity contribution in [3.63, 3.8) is 0 Å². The summed E-state index contributed by atoms with van der Waals surface area (Å²) >= 11 is 0. The van der Waals surface area contributed by atoms with Crippen LogP contribution in [0, 0.1) is 12.7 Å². The van der Waals surface area contributed by atoms with Crippen LogP contribution in [0.5, 0.6) is 11.5 Å². The Bertz CT molecular complexity index is 1420. The molecule has 0 bridgehead atoms. The minimum Gasteiger partial charge on any atom is -0.508 e. The fraction of sp³-hybridized carbons (Fsp3) is 0.185. The fourth-order valence-corrected chi connectivity index (χ4v) is 4.58. The third kappa shape index (κ3) is 3.67. The number of nitrogens with zero attached hydrogens (tertiary/aromatic N) is 2. The van der Waals surface area contributed by atoms with Crippen molar-refractivity contribution in [2.75, 3.05) is 4.90 Å². The molecule has 1 atom stereocenters. The Morgan fingerprint density at radius 1 is 1.06 bits per heavy atom. The molecule has 0 aliphatic carbocycles. The first-order valence-electron chi connectivity index (χ1n) is 10.9. The molecule has 0 fully saturated rings. The lowest BCUT2D eigenvalue weighted by molar-refractivity contribution is 0.0972. The van der Waals surface area contributed by atoms with Gasteiger partial charge in [0.15, 0.2) is 0 Å². The first-order chi connectivity index (χ1) is 15.8. The van der Waals surface area contributed by atoms with Crippen molar-refractivity contribution in [1.82, 2.24) is 4.98 Å². The van der Waals surface area contributed by atoms with E-state index in [1.54, 1.807) is 11.0 Å². The molecule has 3 aromatic carbocycles. The van der Waals surface area contributed by atoms with E-state index in [4.69, 9.17) is 4.98 Å². The number of aromatic nitrogens is 1. The highest BCUT2D eigenvalue weighted by molar-refractivity contribution is 6.09. The highest BCUT2D eigenvalue weighted by Crippen LogP contribution is 2.37. The Morgan fingerprint density at radius 3 is 2.67 bits per heavy atom. The molecule has 1 aliphatic rings. The maximum absolute atomic E-state index is 13.6. The summed E-state index contributed by atoms with van der Waals surface area (Å²) in [5.74, 6) is -0.940. The van der Waals surface area contributed by atoms with Crippen LogP contribution in [-0.4, -0.2) is 27.1 Å². The first kappa shape index (κ1) is 20.9. The van der Waals surface area contributed by atoms with Gasteiger partial charge >= 0.3 is 0 Å². The molecule has 166 valence electrons. The van der Waals surface area contributed by atoms with Crippen molar-refractivity contribution in [2.45, 2.75) is 32.7 Å². The monoisotopic (exact) mass is 442 g/mol. The fourth-order valence-electron chi connectivity index (χ4n) is 4.58. The number of halogens is 1. The van der Waals surface area contributed by atoms with E-state index < -0.39 is 0 Å². The van der Waals surface area contributed by atoms with Gasteiger partial charge in [-0.2, -0.15) is 0 Å². The molecular weight excluding hydrogens is 419 g/mol. The van der Waals surface area contributed by atoms with Gasteiger partial charge in [-0.05, 0) is 86.3 Å². The van der Waals surface area contributed by atoms with E-state index in [-0.39, 0.29) is 34.8 Å². The molecule has 1 amide bonds. The van der Waals surface area contributed by atoms with E-state index >= 15 is 0 Å². The van der Waals surface area contributed by atoms with Crippen LogP contribution in [-0.2, 0) is 6.42 Å². The molecule has 5 rings (SSSR count). The van der Waals surface area contributed by atoms with Crippen LogP contribution >= 0.6 is 0 Å². The van der Waals surface area contributed by atoms with Gasteiger partial charge in [-0.15, -0.1) is 0 Å². The maximum atomic E-state index is 13.6. The van der Waals surface area contributed by atoms with Gasteiger partial charge in [-0.25, -0.2) is 9.37 Å². The zero-order valence-corrected chi connectivity index (χ0v) is 18.3. The van der Waals surface area contributed by atoms with Gasteiger partial charge in [0.2, 0.25) is 0 Å². The van der Waals surface area contributed by atoms with Crippen LogP contribution in [0.25, 0.3) is 22.2 Å². The Labute approximate surface area is 190 Å². The van der Waals surface area contributed by atoms with Crippen molar-refractivity contribution in [2.24, 2.45) is 0 Å². The van der Waals surface area contributed by atoms with Crippen LogP contribution in [0.2, 0.25) is 0 Å². The molecule has 0 saturated carbocycles. The average Bonchev–Trinajstić information content (AvgIpc) is 2.78. The van der Waals surface area contributed by atoms with Crippen molar-refractivity contribution in [3.8, 4) is 22.8 Å². The number of hydrogen-bond acceptors (Lipinski definition) is 4. The molecule has 33 heavy (non-hydrogen) atoms. The van der Waals surface area contributed by atoms with Crippen molar-refractivity contribution in [3.05, 3.63) is 83.2 Å². The van der Waals surface area contributed by atoms with Gasteiger partial charge < -0.3 is 15.1 Å². The summed E-state index contributed by atoms with van der Waals surface area (Å²) in [7, 11) is 0. The summed E-state index contributed by atoms with van der Waals surface area (Å²) < 4.78 is 13.6. The van der Waals surface area contributed by atoms with E-state index in [2.05, 4.69) is 6.07 Å². The van der Waals surface area contributed by atoms with Gasteiger partial charge in [-0.3, -0.25) is 4.79 Å². The predicted octanol–water partition coefficient (Wildman–Crippen LogP) is 5.74. The van der Waals surface area contributed by atoms with E-state index in [9.17, 15) is 19.4 Å². The number of hydrogen-bond donors (Lipinski definition) is 2. The van der Waals surface area contributed by atoms with Crippen molar-refractivity contribution in [1.29, 1.82) is 0 Å². The molecule has 2 heterocycles. The predicted molar refractivity (Wildman–Crippen MR) is 126 cm³/mol. The maximum Gasteiger partial charge on any atom is 0.262 e. The first-order valence-corrected chi connectivity index (χ1v) is 10.9. The van der Waals surface area contributed by atoms with Crippen LogP contribution in [0.1, 0.15) is 34.8 Å². The number of carbonyl (C=O) groups is 1. The van der Waals surface area contributed by atoms with Crippen molar-refractivity contribution < 1.29 is 19.4 Å². The molecule has 6 heteroatoms. The van der Waals surface area contributed by atoms with Gasteiger partial charge in [0.1, 0.15) is 17.3 Å². The zero-order chi connectivity index (χ0) is 23.3. The smallest absolute Gasteiger partial charge is 0.262 e. The minimum absolute atomic E-state index is 0.0421. The lowest BCUT2D eigenvalue weighted by atomic mass is 9.92. The number of fused-ring (bicyclic) bond motifs is 2. The van der Waals surface area contributed by atoms with Gasteiger partial charge in [0, 0.05) is 28.7 Å². The second kappa shape index (κ2) is 7.89. The highest BCUT2D eigenvalue weighted by atomic mass is 19.1. The number of rotatable bonds is 2. The number of anilines is 1. The number of carbonyl (C=O) groups excluding carboxylic acids is 1. The third-order valence-corrected chi connectivity index (χ3v) is 6.28. The van der Waals surface area contributed by atoms with Crippen LogP contribution in [0.4, 0.5) is 10.1 Å². The van der Waals surface area contributed by atoms with Crippen LogP contribution < -0.4 is 4.90 Å². The van der Waals surface area contributed by atoms with E-state index in [0.717, 1.165) is 51.8 Å². The number of phenols is 2. The standard InChI is InChI=1S/C27H23FN2O3/c1-15-11-19-13-20(28)6-9-23(19)29-26(15)18-5-10-24-17(12-18)4-3-16(2)30(24)27(33)22-8-7-21(31)14-25(22)32/h5-14,16,31-32H,3-4H2,1-2H3/t16-/m0/s1. The van der Waals surface area contributed by atoms with E-state index in [1.807, 2.05) is 32.0 Å². The van der Waals surface area contributed by atoms with Gasteiger partial charge in [0.25, 0.3) is 5.91 Å². The number of pyridine rings is 1. The lowest BCUT2D eigenvalue weighted by Gasteiger charge is -2.35. The Balaban J connectivity index is 1.56. The third-order valence-electron chi connectivity index (χ3n) is 6.28. The lowest BCUT2D eigenvalue weighted by Crippen LogP contribution is -2.42. The summed E-state index contributed by atoms with van der Waals surface area (Å²) in [4.78, 5) is 19.8.